The molecule has 158 valence electrons. The third-order valence-corrected chi connectivity index (χ3v) is 5.21. The van der Waals surface area contributed by atoms with Crippen molar-refractivity contribution in [2.45, 2.75) is 20.3 Å². The summed E-state index contributed by atoms with van der Waals surface area (Å²) in [6, 6.07) is 4.45. The third-order valence-electron chi connectivity index (χ3n) is 4.34. The molecule has 0 aliphatic rings. The third kappa shape index (κ3) is 4.40. The van der Waals surface area contributed by atoms with Crippen LogP contribution in [0.2, 0.25) is 0 Å². The Labute approximate surface area is 176 Å². The number of nitro benzene ring substituents is 1. The molecule has 0 fully saturated rings. The lowest BCUT2D eigenvalue weighted by molar-refractivity contribution is -0.385. The molecule has 2 heterocycles. The van der Waals surface area contributed by atoms with Crippen LogP contribution >= 0.6 is 11.3 Å². The van der Waals surface area contributed by atoms with Gasteiger partial charge in [-0.25, -0.2) is 9.67 Å². The molecule has 0 saturated carbocycles. The summed E-state index contributed by atoms with van der Waals surface area (Å²) in [7, 11) is 2.77. The van der Waals surface area contributed by atoms with Crippen molar-refractivity contribution in [3.8, 4) is 16.6 Å². The largest absolute Gasteiger partial charge is 0.493 e. The number of benzene rings is 1. The van der Waals surface area contributed by atoms with E-state index in [0.29, 0.717) is 6.42 Å². The molecule has 30 heavy (non-hydrogen) atoms. The molecule has 1 amide bonds. The van der Waals surface area contributed by atoms with Gasteiger partial charge in [0.05, 0.1) is 36.6 Å². The van der Waals surface area contributed by atoms with Crippen molar-refractivity contribution in [3.05, 3.63) is 56.3 Å². The van der Waals surface area contributed by atoms with Crippen molar-refractivity contribution < 1.29 is 19.2 Å². The number of methoxy groups -OCH3 is 2. The number of amides is 1. The molecule has 2 aromatic heterocycles. The molecule has 3 rings (SSSR count). The maximum absolute atomic E-state index is 12.6. The van der Waals surface area contributed by atoms with E-state index in [2.05, 4.69) is 15.4 Å². The van der Waals surface area contributed by atoms with E-state index >= 15 is 0 Å². The molecule has 11 heteroatoms. The van der Waals surface area contributed by atoms with Gasteiger partial charge in [-0.2, -0.15) is 5.10 Å². The van der Waals surface area contributed by atoms with Crippen LogP contribution in [-0.2, 0) is 6.42 Å². The number of ether oxygens (including phenoxy) is 2. The highest BCUT2D eigenvalue weighted by Crippen LogP contribution is 2.34. The van der Waals surface area contributed by atoms with Gasteiger partial charge in [0, 0.05) is 30.1 Å². The fourth-order valence-corrected chi connectivity index (χ4v) is 3.80. The molecule has 0 aliphatic heterocycles. The molecule has 0 bridgehead atoms. The standard InChI is InChI=1S/C19H21N5O5S/c1-11-7-12(2)23(22-11)19-21-13(10-30-19)5-6-20-18(25)14-8-16(28-3)17(29-4)9-15(14)24(26)27/h7-10H,5-6H2,1-4H3,(H,20,25). The number of rotatable bonds is 8. The van der Waals surface area contributed by atoms with Gasteiger partial charge in [-0.3, -0.25) is 14.9 Å². The van der Waals surface area contributed by atoms with Crippen LogP contribution in [0.3, 0.4) is 0 Å². The molecule has 10 nitrogen and oxygen atoms in total. The number of aromatic nitrogens is 3. The lowest BCUT2D eigenvalue weighted by Crippen LogP contribution is -2.26. The quantitative estimate of drug-likeness (QED) is 0.430. The Morgan fingerprint density at radius 2 is 1.93 bits per heavy atom. The summed E-state index contributed by atoms with van der Waals surface area (Å²) in [6.45, 7) is 4.14. The van der Waals surface area contributed by atoms with E-state index in [0.717, 1.165) is 22.2 Å². The van der Waals surface area contributed by atoms with Gasteiger partial charge in [0.25, 0.3) is 11.6 Å². The average molecular weight is 431 g/mol. The van der Waals surface area contributed by atoms with Crippen molar-refractivity contribution in [1.29, 1.82) is 0 Å². The molecule has 3 aromatic rings. The number of nitro groups is 1. The lowest BCUT2D eigenvalue weighted by atomic mass is 10.1. The molecule has 1 aromatic carbocycles. The Morgan fingerprint density at radius 3 is 2.53 bits per heavy atom. The molecule has 0 saturated heterocycles. The van der Waals surface area contributed by atoms with E-state index in [-0.39, 0.29) is 29.3 Å². The van der Waals surface area contributed by atoms with Crippen molar-refractivity contribution in [1.82, 2.24) is 20.1 Å². The second-order valence-electron chi connectivity index (χ2n) is 6.45. The highest BCUT2D eigenvalue weighted by Gasteiger charge is 2.24. The van der Waals surface area contributed by atoms with E-state index < -0.39 is 10.8 Å². The Kier molecular flexibility index (Phi) is 6.31. The number of hydrogen-bond donors (Lipinski definition) is 1. The Morgan fingerprint density at radius 1 is 1.23 bits per heavy atom. The normalized spacial score (nSPS) is 10.7. The first-order valence-electron chi connectivity index (χ1n) is 9.00. The topological polar surface area (TPSA) is 121 Å². The smallest absolute Gasteiger partial charge is 0.286 e. The first-order chi connectivity index (χ1) is 14.3. The number of hydrogen-bond acceptors (Lipinski definition) is 8. The zero-order chi connectivity index (χ0) is 21.8. The zero-order valence-electron chi connectivity index (χ0n) is 17.0. The number of thiazole rings is 1. The first-order valence-corrected chi connectivity index (χ1v) is 9.88. The molecular formula is C19H21N5O5S. The van der Waals surface area contributed by atoms with Crippen LogP contribution in [0, 0.1) is 24.0 Å². The van der Waals surface area contributed by atoms with E-state index in [4.69, 9.17) is 9.47 Å². The van der Waals surface area contributed by atoms with E-state index in [1.807, 2.05) is 25.3 Å². The second-order valence-corrected chi connectivity index (χ2v) is 7.28. The van der Waals surface area contributed by atoms with Crippen LogP contribution in [0.25, 0.3) is 5.13 Å². The summed E-state index contributed by atoms with van der Waals surface area (Å²) < 4.78 is 12.0. The first kappa shape index (κ1) is 21.2. The average Bonchev–Trinajstić information content (AvgIpc) is 3.32. The van der Waals surface area contributed by atoms with Crippen molar-refractivity contribution in [2.75, 3.05) is 20.8 Å². The molecular weight excluding hydrogens is 410 g/mol. The number of nitrogens with zero attached hydrogens (tertiary/aromatic N) is 4. The predicted molar refractivity (Wildman–Crippen MR) is 111 cm³/mol. The van der Waals surface area contributed by atoms with Crippen molar-refractivity contribution in [2.24, 2.45) is 0 Å². The van der Waals surface area contributed by atoms with Crippen LogP contribution in [0.4, 0.5) is 5.69 Å². The van der Waals surface area contributed by atoms with Crippen LogP contribution < -0.4 is 14.8 Å². The van der Waals surface area contributed by atoms with Gasteiger partial charge in [-0.15, -0.1) is 11.3 Å². The predicted octanol–water partition coefficient (Wildman–Crippen LogP) is 2.84. The van der Waals surface area contributed by atoms with E-state index in [9.17, 15) is 14.9 Å². The van der Waals surface area contributed by atoms with Gasteiger partial charge < -0.3 is 14.8 Å². The maximum atomic E-state index is 12.6. The fraction of sp³-hybridized carbons (Fsp3) is 0.316. The van der Waals surface area contributed by atoms with Gasteiger partial charge in [0.15, 0.2) is 11.5 Å². The Balaban J connectivity index is 1.69. The van der Waals surface area contributed by atoms with Crippen molar-refractivity contribution >= 4 is 22.9 Å². The van der Waals surface area contributed by atoms with Crippen LogP contribution in [0.1, 0.15) is 27.4 Å². The SMILES string of the molecule is COc1cc(C(=O)NCCc2csc(-n3nc(C)cc3C)n2)c([N+](=O)[O-])cc1OC. The van der Waals surface area contributed by atoms with Crippen LogP contribution in [-0.4, -0.2) is 46.4 Å². The van der Waals surface area contributed by atoms with Crippen LogP contribution in [0.5, 0.6) is 11.5 Å². The summed E-state index contributed by atoms with van der Waals surface area (Å²) >= 11 is 1.46. The summed E-state index contributed by atoms with van der Waals surface area (Å²) in [4.78, 5) is 27.8. The molecule has 0 spiro atoms. The van der Waals surface area contributed by atoms with Gasteiger partial charge in [0.2, 0.25) is 5.13 Å². The van der Waals surface area contributed by atoms with Gasteiger partial charge >= 0.3 is 0 Å². The van der Waals surface area contributed by atoms with Crippen molar-refractivity contribution in [3.63, 3.8) is 0 Å². The molecule has 0 radical (unpaired) electrons. The van der Waals surface area contributed by atoms with E-state index in [1.54, 1.807) is 4.68 Å². The number of aryl methyl sites for hydroxylation is 2. The highest BCUT2D eigenvalue weighted by atomic mass is 32.1. The summed E-state index contributed by atoms with van der Waals surface area (Å²) in [5.74, 6) is -0.154. The van der Waals surface area contributed by atoms with Gasteiger partial charge in [-0.05, 0) is 19.9 Å². The maximum Gasteiger partial charge on any atom is 0.286 e. The number of carbonyl (C=O) groups excluding carboxylic acids is 1. The molecule has 0 atom stereocenters. The fourth-order valence-electron chi connectivity index (χ4n) is 2.93. The Hall–Kier alpha value is -3.47. The minimum Gasteiger partial charge on any atom is -0.493 e. The summed E-state index contributed by atoms with van der Waals surface area (Å²) in [5, 5.41) is 21.1. The van der Waals surface area contributed by atoms with E-state index in [1.165, 1.54) is 37.7 Å². The molecule has 1 N–H and O–H groups in total. The lowest BCUT2D eigenvalue weighted by Gasteiger charge is -2.10. The minimum atomic E-state index is -0.627. The zero-order valence-corrected chi connectivity index (χ0v) is 17.8. The molecule has 0 aliphatic carbocycles. The minimum absolute atomic E-state index is 0.0979. The van der Waals surface area contributed by atoms with Gasteiger partial charge in [0.1, 0.15) is 5.56 Å². The van der Waals surface area contributed by atoms with Crippen LogP contribution in [0.15, 0.2) is 23.6 Å². The molecule has 0 unspecified atom stereocenters. The summed E-state index contributed by atoms with van der Waals surface area (Å²) in [5.41, 5.74) is 2.24. The number of carbonyl (C=O) groups is 1. The second kappa shape index (κ2) is 8.91. The van der Waals surface area contributed by atoms with Gasteiger partial charge in [-0.1, -0.05) is 0 Å². The highest BCUT2D eigenvalue weighted by molar-refractivity contribution is 7.12. The monoisotopic (exact) mass is 431 g/mol. The number of nitrogens with one attached hydrogen (secondary N) is 1. The summed E-state index contributed by atoms with van der Waals surface area (Å²) in [6.07, 6.45) is 0.475. The Bertz CT molecular complexity index is 1090.